The summed E-state index contributed by atoms with van der Waals surface area (Å²) in [4.78, 5) is 28.6. The average Bonchev–Trinajstić information content (AvgIpc) is 3.36. The molecule has 0 unspecified atom stereocenters. The predicted molar refractivity (Wildman–Crippen MR) is 141 cm³/mol. The Labute approximate surface area is 222 Å². The summed E-state index contributed by atoms with van der Waals surface area (Å²) in [7, 11) is -3.88. The molecule has 4 rings (SSSR count). The number of hydrogen-bond acceptors (Lipinski definition) is 6. The lowest BCUT2D eigenvalue weighted by atomic mass is 9.95. The molecule has 9 nitrogen and oxygen atoms in total. The number of benzene rings is 2. The predicted octanol–water partition coefficient (Wildman–Crippen LogP) is 3.58. The van der Waals surface area contributed by atoms with E-state index in [1.165, 1.54) is 23.1 Å². The van der Waals surface area contributed by atoms with Crippen molar-refractivity contribution < 1.29 is 31.9 Å². The van der Waals surface area contributed by atoms with Crippen LogP contribution in [0.15, 0.2) is 42.5 Å². The number of fused-ring (bicyclic) bond motifs is 1. The van der Waals surface area contributed by atoms with Gasteiger partial charge in [0, 0.05) is 18.7 Å². The third kappa shape index (κ3) is 6.75. The minimum atomic E-state index is -3.88. The van der Waals surface area contributed by atoms with Gasteiger partial charge in [-0.15, -0.1) is 0 Å². The highest BCUT2D eigenvalue weighted by Gasteiger charge is 2.33. The van der Waals surface area contributed by atoms with Crippen molar-refractivity contribution in [1.29, 1.82) is 0 Å². The molecular weight excluding hydrogens is 513 g/mol. The van der Waals surface area contributed by atoms with Gasteiger partial charge in [0.05, 0.1) is 11.9 Å². The Kier molecular flexibility index (Phi) is 8.76. The van der Waals surface area contributed by atoms with Crippen molar-refractivity contribution in [2.24, 2.45) is 0 Å². The summed E-state index contributed by atoms with van der Waals surface area (Å²) < 4.78 is 50.8. The molecule has 0 radical (unpaired) electrons. The summed E-state index contributed by atoms with van der Waals surface area (Å²) >= 11 is 0. The molecule has 1 N–H and O–H groups in total. The average molecular weight is 548 g/mol. The SMILES string of the molecule is CC[C@@H](C(=O)NC1CCCCC1)N(Cc1ccc(F)cc1)C(=O)CN(c1ccc2c(c1)OCO2)S(C)(=O)=O. The van der Waals surface area contributed by atoms with Crippen molar-refractivity contribution in [3.8, 4) is 11.5 Å². The third-order valence-corrected chi connectivity index (χ3v) is 8.07. The number of rotatable bonds is 10. The first-order valence-corrected chi connectivity index (χ1v) is 14.7. The molecule has 1 heterocycles. The fourth-order valence-corrected chi connectivity index (χ4v) is 5.75. The summed E-state index contributed by atoms with van der Waals surface area (Å²) in [6.45, 7) is 1.33. The Morgan fingerprint density at radius 2 is 1.74 bits per heavy atom. The first-order chi connectivity index (χ1) is 18.2. The molecule has 2 aromatic carbocycles. The summed E-state index contributed by atoms with van der Waals surface area (Å²) in [6, 6.07) is 9.53. The van der Waals surface area contributed by atoms with E-state index >= 15 is 0 Å². The Hall–Kier alpha value is -3.34. The Balaban J connectivity index is 1.61. The summed E-state index contributed by atoms with van der Waals surface area (Å²) in [5.41, 5.74) is 0.865. The number of carbonyl (C=O) groups excluding carboxylic acids is 2. The molecule has 2 amide bonds. The van der Waals surface area contributed by atoms with E-state index in [1.54, 1.807) is 24.3 Å². The molecule has 0 spiro atoms. The highest BCUT2D eigenvalue weighted by atomic mass is 32.2. The van der Waals surface area contributed by atoms with Crippen LogP contribution in [0.2, 0.25) is 0 Å². The number of amides is 2. The summed E-state index contributed by atoms with van der Waals surface area (Å²) in [5, 5.41) is 3.09. The molecule has 2 aliphatic rings. The number of anilines is 1. The lowest BCUT2D eigenvalue weighted by Crippen LogP contribution is -2.53. The maximum absolute atomic E-state index is 13.8. The maximum Gasteiger partial charge on any atom is 0.244 e. The van der Waals surface area contributed by atoms with Crippen LogP contribution in [0.4, 0.5) is 10.1 Å². The van der Waals surface area contributed by atoms with E-state index in [0.717, 1.165) is 42.7 Å². The van der Waals surface area contributed by atoms with Crippen LogP contribution in [0.25, 0.3) is 0 Å². The highest BCUT2D eigenvalue weighted by Crippen LogP contribution is 2.36. The molecule has 38 heavy (non-hydrogen) atoms. The molecule has 2 aromatic rings. The van der Waals surface area contributed by atoms with Crippen LogP contribution < -0.4 is 19.1 Å². The zero-order chi connectivity index (χ0) is 27.3. The molecule has 0 bridgehead atoms. The zero-order valence-corrected chi connectivity index (χ0v) is 22.5. The van der Waals surface area contributed by atoms with Crippen LogP contribution in [0.5, 0.6) is 11.5 Å². The van der Waals surface area contributed by atoms with Gasteiger partial charge in [-0.05, 0) is 49.1 Å². The Morgan fingerprint density at radius 1 is 1.05 bits per heavy atom. The highest BCUT2D eigenvalue weighted by molar-refractivity contribution is 7.92. The molecule has 1 saturated carbocycles. The second kappa shape index (κ2) is 12.0. The molecule has 11 heteroatoms. The van der Waals surface area contributed by atoms with Crippen LogP contribution >= 0.6 is 0 Å². The second-order valence-corrected chi connectivity index (χ2v) is 11.6. The molecule has 1 atom stereocenters. The quantitative estimate of drug-likeness (QED) is 0.488. The van der Waals surface area contributed by atoms with Gasteiger partial charge in [0.1, 0.15) is 18.4 Å². The fourth-order valence-electron chi connectivity index (χ4n) is 4.90. The van der Waals surface area contributed by atoms with E-state index in [-0.39, 0.29) is 31.0 Å². The number of sulfonamides is 1. The minimum Gasteiger partial charge on any atom is -0.454 e. The van der Waals surface area contributed by atoms with Gasteiger partial charge in [-0.25, -0.2) is 12.8 Å². The largest absolute Gasteiger partial charge is 0.454 e. The lowest BCUT2D eigenvalue weighted by Gasteiger charge is -2.34. The van der Waals surface area contributed by atoms with Crippen LogP contribution in [0.1, 0.15) is 51.0 Å². The molecule has 0 aromatic heterocycles. The van der Waals surface area contributed by atoms with Gasteiger partial charge in [0.15, 0.2) is 11.5 Å². The van der Waals surface area contributed by atoms with Crippen LogP contribution in [0.3, 0.4) is 0 Å². The van der Waals surface area contributed by atoms with Crippen LogP contribution in [-0.4, -0.2) is 56.8 Å². The molecule has 1 aliphatic heterocycles. The van der Waals surface area contributed by atoms with Crippen molar-refractivity contribution in [2.75, 3.05) is 23.9 Å². The van der Waals surface area contributed by atoms with E-state index in [4.69, 9.17) is 9.47 Å². The molecule has 1 fully saturated rings. The Bertz CT molecular complexity index is 1250. The fraction of sp³-hybridized carbons (Fsp3) is 0.481. The number of nitrogens with one attached hydrogen (secondary N) is 1. The normalized spacial score (nSPS) is 16.1. The minimum absolute atomic E-state index is 0.0223. The molecule has 206 valence electrons. The molecular formula is C27H34FN3O6S. The Morgan fingerprint density at radius 3 is 2.39 bits per heavy atom. The number of halogens is 1. The molecule has 0 saturated heterocycles. The van der Waals surface area contributed by atoms with Crippen molar-refractivity contribution >= 4 is 27.5 Å². The zero-order valence-electron chi connectivity index (χ0n) is 21.7. The monoisotopic (exact) mass is 547 g/mol. The number of ether oxygens (including phenoxy) is 2. The number of nitrogens with zero attached hydrogens (tertiary/aromatic N) is 2. The lowest BCUT2D eigenvalue weighted by molar-refractivity contribution is -0.140. The van der Waals surface area contributed by atoms with Gasteiger partial charge >= 0.3 is 0 Å². The topological polar surface area (TPSA) is 105 Å². The van der Waals surface area contributed by atoms with Gasteiger partial charge in [-0.1, -0.05) is 38.3 Å². The first kappa shape index (κ1) is 27.7. The van der Waals surface area contributed by atoms with Gasteiger partial charge < -0.3 is 19.7 Å². The molecule has 1 aliphatic carbocycles. The van der Waals surface area contributed by atoms with Crippen molar-refractivity contribution in [3.05, 3.63) is 53.8 Å². The van der Waals surface area contributed by atoms with Gasteiger partial charge in [0.2, 0.25) is 28.6 Å². The van der Waals surface area contributed by atoms with E-state index in [9.17, 15) is 22.4 Å². The summed E-state index contributed by atoms with van der Waals surface area (Å²) in [6.07, 6.45) is 6.34. The van der Waals surface area contributed by atoms with Crippen LogP contribution in [-0.2, 0) is 26.2 Å². The van der Waals surface area contributed by atoms with Crippen LogP contribution in [0, 0.1) is 5.82 Å². The third-order valence-electron chi connectivity index (χ3n) is 6.93. The van der Waals surface area contributed by atoms with Gasteiger partial charge in [0.25, 0.3) is 0 Å². The van der Waals surface area contributed by atoms with Gasteiger partial charge in [-0.2, -0.15) is 0 Å². The second-order valence-electron chi connectivity index (χ2n) is 9.72. The van der Waals surface area contributed by atoms with E-state index < -0.39 is 34.3 Å². The smallest absolute Gasteiger partial charge is 0.244 e. The van der Waals surface area contributed by atoms with E-state index in [2.05, 4.69) is 5.32 Å². The standard InChI is InChI=1S/C27H34FN3O6S/c1-3-23(27(33)29-21-7-5-4-6-8-21)30(16-19-9-11-20(28)12-10-19)26(32)17-31(38(2,34)35)22-13-14-24-25(15-22)37-18-36-24/h9-15,21,23H,3-8,16-18H2,1-2H3,(H,29,33)/t23-/m0/s1. The van der Waals surface area contributed by atoms with Crippen molar-refractivity contribution in [1.82, 2.24) is 10.2 Å². The summed E-state index contributed by atoms with van der Waals surface area (Å²) in [5.74, 6) is -0.381. The maximum atomic E-state index is 13.8. The number of carbonyl (C=O) groups is 2. The van der Waals surface area contributed by atoms with Crippen molar-refractivity contribution in [2.45, 2.75) is 64.1 Å². The van der Waals surface area contributed by atoms with E-state index in [1.807, 2.05) is 6.92 Å². The van der Waals surface area contributed by atoms with Crippen molar-refractivity contribution in [3.63, 3.8) is 0 Å². The number of hydrogen-bond donors (Lipinski definition) is 1. The first-order valence-electron chi connectivity index (χ1n) is 12.9. The van der Waals surface area contributed by atoms with E-state index in [0.29, 0.717) is 23.5 Å². The van der Waals surface area contributed by atoms with Gasteiger partial charge in [-0.3, -0.25) is 13.9 Å².